The van der Waals surface area contributed by atoms with Gasteiger partial charge in [-0.1, -0.05) is 32.0 Å². The lowest BCUT2D eigenvalue weighted by Crippen LogP contribution is -2.52. The van der Waals surface area contributed by atoms with Crippen molar-refractivity contribution in [3.8, 4) is 0 Å². The van der Waals surface area contributed by atoms with Gasteiger partial charge in [0.05, 0.1) is 0 Å². The molecule has 0 aromatic heterocycles. The molecule has 0 spiro atoms. The van der Waals surface area contributed by atoms with Crippen LogP contribution in [0.5, 0.6) is 0 Å². The minimum atomic E-state index is 0.270. The van der Waals surface area contributed by atoms with Crippen molar-refractivity contribution < 1.29 is 0 Å². The van der Waals surface area contributed by atoms with Gasteiger partial charge in [-0.25, -0.2) is 0 Å². The number of piperidine rings is 1. The molecule has 2 N–H and O–H groups in total. The molecule has 1 heterocycles. The maximum absolute atomic E-state index is 6.20. The topological polar surface area (TPSA) is 29.3 Å². The maximum atomic E-state index is 6.20. The molecule has 1 aliphatic rings. The van der Waals surface area contributed by atoms with Crippen LogP contribution in [0.4, 0.5) is 5.69 Å². The Kier molecular flexibility index (Phi) is 2.70. The van der Waals surface area contributed by atoms with Crippen LogP contribution in [0.1, 0.15) is 20.3 Å². The minimum absolute atomic E-state index is 0.270. The van der Waals surface area contributed by atoms with E-state index in [1.807, 2.05) is 0 Å². The first-order chi connectivity index (χ1) is 7.09. The number of benzene rings is 1. The van der Waals surface area contributed by atoms with Gasteiger partial charge < -0.3 is 10.6 Å². The normalized spacial score (nSPS) is 25.3. The van der Waals surface area contributed by atoms with Gasteiger partial charge in [-0.3, -0.25) is 0 Å². The second kappa shape index (κ2) is 3.86. The van der Waals surface area contributed by atoms with Crippen LogP contribution in [-0.2, 0) is 0 Å². The third-order valence-electron chi connectivity index (χ3n) is 3.57. The Labute approximate surface area is 92.1 Å². The molecule has 0 amide bonds. The van der Waals surface area contributed by atoms with Crippen molar-refractivity contribution in [3.05, 3.63) is 30.3 Å². The van der Waals surface area contributed by atoms with Crippen LogP contribution in [-0.4, -0.2) is 19.1 Å². The zero-order valence-corrected chi connectivity index (χ0v) is 9.61. The van der Waals surface area contributed by atoms with Gasteiger partial charge in [-0.05, 0) is 24.0 Å². The molecule has 1 saturated heterocycles. The number of hydrogen-bond acceptors (Lipinski definition) is 2. The van der Waals surface area contributed by atoms with Gasteiger partial charge in [0, 0.05) is 24.8 Å². The highest BCUT2D eigenvalue weighted by molar-refractivity contribution is 5.46. The Morgan fingerprint density at radius 1 is 1.27 bits per heavy atom. The highest BCUT2D eigenvalue weighted by Crippen LogP contribution is 2.31. The number of nitrogens with two attached hydrogens (primary N) is 1. The highest BCUT2D eigenvalue weighted by Gasteiger charge is 2.32. The van der Waals surface area contributed by atoms with E-state index in [9.17, 15) is 0 Å². The Morgan fingerprint density at radius 3 is 2.53 bits per heavy atom. The number of para-hydroxylation sites is 1. The molecule has 1 aromatic rings. The van der Waals surface area contributed by atoms with Gasteiger partial charge in [-0.15, -0.1) is 0 Å². The molecule has 0 bridgehead atoms. The first-order valence-corrected chi connectivity index (χ1v) is 5.65. The molecule has 2 nitrogen and oxygen atoms in total. The molecular weight excluding hydrogens is 184 g/mol. The zero-order valence-electron chi connectivity index (χ0n) is 9.61. The molecule has 1 unspecified atom stereocenters. The van der Waals surface area contributed by atoms with Gasteiger partial charge in [0.25, 0.3) is 0 Å². The average molecular weight is 204 g/mol. The third-order valence-corrected chi connectivity index (χ3v) is 3.57. The molecule has 0 saturated carbocycles. The molecule has 1 fully saturated rings. The van der Waals surface area contributed by atoms with Crippen LogP contribution < -0.4 is 10.6 Å². The lowest BCUT2D eigenvalue weighted by molar-refractivity contribution is 0.236. The van der Waals surface area contributed by atoms with Crippen LogP contribution in [0.15, 0.2) is 30.3 Å². The molecule has 0 radical (unpaired) electrons. The van der Waals surface area contributed by atoms with E-state index in [2.05, 4.69) is 49.1 Å². The fraction of sp³-hybridized carbons (Fsp3) is 0.538. The fourth-order valence-electron chi connectivity index (χ4n) is 2.06. The van der Waals surface area contributed by atoms with Crippen LogP contribution >= 0.6 is 0 Å². The van der Waals surface area contributed by atoms with Crippen molar-refractivity contribution in [3.63, 3.8) is 0 Å². The Morgan fingerprint density at radius 2 is 1.93 bits per heavy atom. The summed E-state index contributed by atoms with van der Waals surface area (Å²) >= 11 is 0. The first kappa shape index (κ1) is 10.5. The molecule has 0 aliphatic carbocycles. The summed E-state index contributed by atoms with van der Waals surface area (Å²) in [6.07, 6.45) is 1.17. The van der Waals surface area contributed by atoms with Gasteiger partial charge in [0.15, 0.2) is 0 Å². The lowest BCUT2D eigenvalue weighted by atomic mass is 9.78. The van der Waals surface area contributed by atoms with Crippen molar-refractivity contribution in [2.75, 3.05) is 18.0 Å². The number of rotatable bonds is 1. The van der Waals surface area contributed by atoms with Gasteiger partial charge >= 0.3 is 0 Å². The van der Waals surface area contributed by atoms with E-state index in [1.54, 1.807) is 0 Å². The van der Waals surface area contributed by atoms with E-state index in [4.69, 9.17) is 5.73 Å². The zero-order chi connectivity index (χ0) is 10.9. The predicted molar refractivity (Wildman–Crippen MR) is 65.0 cm³/mol. The van der Waals surface area contributed by atoms with Crippen molar-refractivity contribution in [2.45, 2.75) is 26.3 Å². The molecule has 1 atom stereocenters. The lowest BCUT2D eigenvalue weighted by Gasteiger charge is -2.43. The van der Waals surface area contributed by atoms with Crippen LogP contribution in [0.25, 0.3) is 0 Å². The van der Waals surface area contributed by atoms with E-state index in [1.165, 1.54) is 12.1 Å². The van der Waals surface area contributed by atoms with Crippen molar-refractivity contribution in [2.24, 2.45) is 11.1 Å². The molecule has 82 valence electrons. The average Bonchev–Trinajstić information content (AvgIpc) is 2.23. The van der Waals surface area contributed by atoms with Crippen molar-refractivity contribution in [1.29, 1.82) is 0 Å². The first-order valence-electron chi connectivity index (χ1n) is 5.65. The summed E-state index contributed by atoms with van der Waals surface area (Å²) in [5.74, 6) is 0. The molecule has 2 heteroatoms. The van der Waals surface area contributed by atoms with E-state index in [0.29, 0.717) is 0 Å². The smallest absolute Gasteiger partial charge is 0.0366 e. The monoisotopic (exact) mass is 204 g/mol. The number of anilines is 1. The van der Waals surface area contributed by atoms with E-state index < -0.39 is 0 Å². The van der Waals surface area contributed by atoms with Crippen LogP contribution in [0.2, 0.25) is 0 Å². The summed E-state index contributed by atoms with van der Waals surface area (Å²) in [4.78, 5) is 2.38. The van der Waals surface area contributed by atoms with Crippen molar-refractivity contribution in [1.82, 2.24) is 0 Å². The summed E-state index contributed by atoms with van der Waals surface area (Å²) in [7, 11) is 0. The molecule has 1 aliphatic heterocycles. The summed E-state index contributed by atoms with van der Waals surface area (Å²) in [6, 6.07) is 10.8. The fourth-order valence-corrected chi connectivity index (χ4v) is 2.06. The Hall–Kier alpha value is -1.02. The quantitative estimate of drug-likeness (QED) is 0.760. The Bertz CT molecular complexity index is 319. The van der Waals surface area contributed by atoms with Crippen molar-refractivity contribution >= 4 is 5.69 Å². The molecular formula is C13H20N2. The van der Waals surface area contributed by atoms with E-state index in [0.717, 1.165) is 13.1 Å². The number of hydrogen-bond donors (Lipinski definition) is 1. The number of nitrogens with zero attached hydrogens (tertiary/aromatic N) is 1. The molecule has 15 heavy (non-hydrogen) atoms. The second-order valence-electron chi connectivity index (χ2n) is 5.13. The van der Waals surface area contributed by atoms with Gasteiger partial charge in [-0.2, -0.15) is 0 Å². The van der Waals surface area contributed by atoms with Crippen LogP contribution in [0.3, 0.4) is 0 Å². The second-order valence-corrected chi connectivity index (χ2v) is 5.13. The van der Waals surface area contributed by atoms with Gasteiger partial charge in [0.2, 0.25) is 0 Å². The molecule has 2 rings (SSSR count). The maximum Gasteiger partial charge on any atom is 0.0366 e. The standard InChI is InChI=1S/C13H20N2/c1-13(2)8-9-15(10-12(13)14)11-6-4-3-5-7-11/h3-7,12H,8-10,14H2,1-2H3. The third kappa shape index (κ3) is 2.15. The highest BCUT2D eigenvalue weighted by atomic mass is 15.2. The SMILES string of the molecule is CC1(C)CCN(c2ccccc2)CC1N. The van der Waals surface area contributed by atoms with Gasteiger partial charge in [0.1, 0.15) is 0 Å². The summed E-state index contributed by atoms with van der Waals surface area (Å²) in [5, 5.41) is 0. The largest absolute Gasteiger partial charge is 0.370 e. The van der Waals surface area contributed by atoms with E-state index >= 15 is 0 Å². The Balaban J connectivity index is 2.10. The summed E-state index contributed by atoms with van der Waals surface area (Å²) in [5.41, 5.74) is 7.78. The summed E-state index contributed by atoms with van der Waals surface area (Å²) in [6.45, 7) is 6.61. The van der Waals surface area contributed by atoms with E-state index in [-0.39, 0.29) is 11.5 Å². The predicted octanol–water partition coefficient (Wildman–Crippen LogP) is 2.25. The minimum Gasteiger partial charge on any atom is -0.370 e. The summed E-state index contributed by atoms with van der Waals surface area (Å²) < 4.78 is 0. The van der Waals surface area contributed by atoms with Crippen LogP contribution in [0, 0.1) is 5.41 Å². The molecule has 1 aromatic carbocycles.